The molecule has 0 heterocycles. The molecule has 2 nitrogen and oxygen atoms in total. The van der Waals surface area contributed by atoms with Crippen molar-refractivity contribution in [3.63, 3.8) is 0 Å². The van der Waals surface area contributed by atoms with Crippen LogP contribution >= 0.6 is 0 Å². The first-order valence-electron chi connectivity index (χ1n) is 16.0. The van der Waals surface area contributed by atoms with Crippen LogP contribution in [0, 0.1) is 6.92 Å². The van der Waals surface area contributed by atoms with Gasteiger partial charge in [-0.15, -0.1) is 0 Å². The van der Waals surface area contributed by atoms with Gasteiger partial charge in [0.05, 0.1) is 5.69 Å². The van der Waals surface area contributed by atoms with Crippen molar-refractivity contribution < 1.29 is 0 Å². The third-order valence-corrected chi connectivity index (χ3v) is 8.35. The van der Waals surface area contributed by atoms with E-state index in [4.69, 9.17) is 0 Å². The van der Waals surface area contributed by atoms with Gasteiger partial charge in [-0.2, -0.15) is 0 Å². The first-order chi connectivity index (χ1) is 23.2. The van der Waals surface area contributed by atoms with Crippen LogP contribution in [0.15, 0.2) is 200 Å². The summed E-state index contributed by atoms with van der Waals surface area (Å²) in [6.07, 6.45) is 0. The number of hydrogen-bond acceptors (Lipinski definition) is 2. The van der Waals surface area contributed by atoms with E-state index < -0.39 is 0 Å². The summed E-state index contributed by atoms with van der Waals surface area (Å²) in [4.78, 5) is 4.64. The van der Waals surface area contributed by atoms with Crippen molar-refractivity contribution in [3.05, 3.63) is 206 Å². The van der Waals surface area contributed by atoms with Crippen LogP contribution in [0.1, 0.15) is 5.56 Å². The summed E-state index contributed by atoms with van der Waals surface area (Å²) >= 11 is 0. The van der Waals surface area contributed by atoms with Gasteiger partial charge in [0.2, 0.25) is 0 Å². The van der Waals surface area contributed by atoms with E-state index in [-0.39, 0.29) is 0 Å². The third-order valence-electron chi connectivity index (χ3n) is 8.35. The lowest BCUT2D eigenvalue weighted by atomic mass is 10.0. The molecule has 7 aromatic carbocycles. The zero-order chi connectivity index (χ0) is 31.8. The molecule has 0 unspecified atom stereocenters. The zero-order valence-corrected chi connectivity index (χ0v) is 26.4. The van der Waals surface area contributed by atoms with Crippen molar-refractivity contribution in [3.8, 4) is 11.1 Å². The average Bonchev–Trinajstić information content (AvgIpc) is 3.13. The number of aryl methyl sites for hydroxylation is 1. The Labute approximate surface area is 277 Å². The molecule has 0 aliphatic rings. The maximum atomic E-state index is 2.34. The third kappa shape index (κ3) is 6.63. The lowest BCUT2D eigenvalue weighted by Crippen LogP contribution is -2.10. The summed E-state index contributed by atoms with van der Waals surface area (Å²) < 4.78 is 0. The number of hydrogen-bond donors (Lipinski definition) is 0. The van der Waals surface area contributed by atoms with Crippen molar-refractivity contribution in [1.29, 1.82) is 0 Å². The fraction of sp³-hybridized carbons (Fsp3) is 0.0222. The molecule has 0 spiro atoms. The monoisotopic (exact) mass is 604 g/mol. The highest BCUT2D eigenvalue weighted by Crippen LogP contribution is 2.40. The van der Waals surface area contributed by atoms with E-state index in [0.29, 0.717) is 0 Å². The van der Waals surface area contributed by atoms with Crippen molar-refractivity contribution in [2.24, 2.45) is 0 Å². The second-order valence-corrected chi connectivity index (χ2v) is 11.5. The highest BCUT2D eigenvalue weighted by Gasteiger charge is 2.16. The van der Waals surface area contributed by atoms with Gasteiger partial charge >= 0.3 is 0 Å². The molecule has 7 aromatic rings. The van der Waals surface area contributed by atoms with Crippen LogP contribution in [0.5, 0.6) is 0 Å². The van der Waals surface area contributed by atoms with E-state index >= 15 is 0 Å². The van der Waals surface area contributed by atoms with E-state index in [1.165, 1.54) is 27.5 Å². The van der Waals surface area contributed by atoms with Crippen LogP contribution in [-0.2, 0) is 0 Å². The fourth-order valence-corrected chi connectivity index (χ4v) is 6.02. The summed E-state index contributed by atoms with van der Waals surface area (Å²) in [6, 6.07) is 70.9. The number of rotatable bonds is 7. The molecule has 2 heteroatoms. The van der Waals surface area contributed by atoms with Gasteiger partial charge in [-0.25, -0.2) is 0 Å². The summed E-state index contributed by atoms with van der Waals surface area (Å²) in [7, 11) is 0. The van der Waals surface area contributed by atoms with Gasteiger partial charge in [0, 0.05) is 33.8 Å². The smallest absolute Gasteiger partial charge is 0.0540 e. The minimum atomic E-state index is 1.08. The molecule has 0 fully saturated rings. The molecule has 7 rings (SSSR count). The number of fused-ring (bicyclic) bond motifs is 1. The van der Waals surface area contributed by atoms with Gasteiger partial charge < -0.3 is 9.80 Å². The second kappa shape index (κ2) is 13.9. The maximum Gasteiger partial charge on any atom is 0.0540 e. The molecule has 0 atom stereocenters. The molecule has 0 amide bonds. The summed E-state index contributed by atoms with van der Waals surface area (Å²) in [5.41, 5.74) is 10.2. The van der Waals surface area contributed by atoms with Crippen molar-refractivity contribution in [2.75, 3.05) is 9.80 Å². The van der Waals surface area contributed by atoms with Gasteiger partial charge in [0.15, 0.2) is 0 Å². The normalized spacial score (nSPS) is 10.7. The number of nitrogens with zero attached hydrogens (tertiary/aromatic N) is 2. The van der Waals surface area contributed by atoms with Gasteiger partial charge in [-0.05, 0) is 90.2 Å². The first-order valence-corrected chi connectivity index (χ1v) is 16.0. The molecule has 0 aromatic heterocycles. The van der Waals surface area contributed by atoms with Crippen molar-refractivity contribution >= 4 is 44.9 Å². The molecule has 0 aliphatic heterocycles. The minimum Gasteiger partial charge on any atom is -0.311 e. The topological polar surface area (TPSA) is 6.48 Å². The zero-order valence-electron chi connectivity index (χ0n) is 26.4. The van der Waals surface area contributed by atoms with Gasteiger partial charge in [-0.1, -0.05) is 139 Å². The van der Waals surface area contributed by atoms with Crippen LogP contribution in [0.2, 0.25) is 0 Å². The molecule has 0 N–H and O–H groups in total. The van der Waals surface area contributed by atoms with Crippen LogP contribution in [0.4, 0.5) is 34.1 Å². The average molecular weight is 605 g/mol. The Balaban J connectivity index is 1.24. The Morgan fingerprint density at radius 1 is 0.298 bits per heavy atom. The number of para-hydroxylation sites is 2. The molecule has 0 saturated carbocycles. The summed E-state index contributed by atoms with van der Waals surface area (Å²) in [6.45, 7) is 2.11. The second-order valence-electron chi connectivity index (χ2n) is 11.5. The van der Waals surface area contributed by atoms with Gasteiger partial charge in [-0.3, -0.25) is 0 Å². The van der Waals surface area contributed by atoms with E-state index in [0.717, 1.165) is 34.1 Å². The quantitative estimate of drug-likeness (QED) is 0.179. The number of anilines is 6. The number of benzene rings is 6. The molecule has 0 saturated heterocycles. The van der Waals surface area contributed by atoms with E-state index in [2.05, 4.69) is 217 Å². The fourth-order valence-electron chi connectivity index (χ4n) is 6.02. The maximum absolute atomic E-state index is 2.34. The van der Waals surface area contributed by atoms with E-state index in [1.807, 2.05) is 0 Å². The highest BCUT2D eigenvalue weighted by molar-refractivity contribution is 5.99. The molecule has 47 heavy (non-hydrogen) atoms. The molecule has 0 aliphatic carbocycles. The Kier molecular flexibility index (Phi) is 8.74. The highest BCUT2D eigenvalue weighted by atomic mass is 15.1. The summed E-state index contributed by atoms with van der Waals surface area (Å²) in [5.74, 6) is 0. The molecular weight excluding hydrogens is 569 g/mol. The van der Waals surface area contributed by atoms with Crippen LogP contribution in [0.25, 0.3) is 21.9 Å². The Bertz CT molecular complexity index is 2130. The predicted molar refractivity (Wildman–Crippen MR) is 201 cm³/mol. The van der Waals surface area contributed by atoms with Crippen molar-refractivity contribution in [1.82, 2.24) is 0 Å². The van der Waals surface area contributed by atoms with Crippen LogP contribution < -0.4 is 9.80 Å². The molecule has 0 radical (unpaired) electrons. The predicted octanol–water partition coefficient (Wildman–Crippen LogP) is 12.9. The SMILES string of the molecule is Cc1cccccc(N(c2ccccc2)c2ccc(-c3ccc(N(c4ccccc4)c4cccc5ccccc45)cc3)cc2)ccc1. The first kappa shape index (κ1) is 29.6. The molecule has 0 bridgehead atoms. The Morgan fingerprint density at radius 3 is 1.28 bits per heavy atom. The largest absolute Gasteiger partial charge is 0.311 e. The Morgan fingerprint density at radius 2 is 0.681 bits per heavy atom. The standard InChI is InChI=1S/C45H36N2/c1-35-15-5-2-6-21-40(24-13-16-35)46(39-19-7-3-8-20-39)42-31-27-36(28-32-42)37-29-33-43(34-30-37)47(41-22-9-4-10-23-41)45-26-14-18-38-17-11-12-25-44(38)45/h2-34H,1H3. The van der Waals surface area contributed by atoms with Crippen LogP contribution in [0.3, 0.4) is 0 Å². The molecule has 226 valence electrons. The van der Waals surface area contributed by atoms with E-state index in [9.17, 15) is 0 Å². The van der Waals surface area contributed by atoms with Gasteiger partial charge in [0.1, 0.15) is 0 Å². The molecular formula is C45H36N2. The Hall–Kier alpha value is -6.12. The van der Waals surface area contributed by atoms with Crippen molar-refractivity contribution in [2.45, 2.75) is 6.92 Å². The van der Waals surface area contributed by atoms with E-state index in [1.54, 1.807) is 0 Å². The lowest BCUT2D eigenvalue weighted by molar-refractivity contribution is 1.28. The van der Waals surface area contributed by atoms with Crippen LogP contribution in [-0.4, -0.2) is 0 Å². The summed E-state index contributed by atoms with van der Waals surface area (Å²) in [5, 5.41) is 2.45. The van der Waals surface area contributed by atoms with Gasteiger partial charge in [0.25, 0.3) is 0 Å². The lowest BCUT2D eigenvalue weighted by Gasteiger charge is -2.27. The minimum absolute atomic E-state index is 1.08.